The minimum absolute atomic E-state index is 0.191. The Kier molecular flexibility index (Phi) is 8.87. The molecule has 3 N–H and O–H groups in total. The summed E-state index contributed by atoms with van der Waals surface area (Å²) in [6.07, 6.45) is 10.7. The van der Waals surface area contributed by atoms with Crippen molar-refractivity contribution in [2.45, 2.75) is 45.1 Å². The van der Waals surface area contributed by atoms with Crippen LogP contribution in [-0.4, -0.2) is 53.1 Å². The molecule has 0 aliphatic carbocycles. The average molecular weight is 638 g/mol. The van der Waals surface area contributed by atoms with E-state index in [0.717, 1.165) is 99.8 Å². The molecule has 4 heterocycles. The second-order valence-electron chi connectivity index (χ2n) is 12.8. The quantitative estimate of drug-likeness (QED) is 0.141. The van der Waals surface area contributed by atoms with E-state index in [1.165, 1.54) is 22.0 Å². The highest BCUT2D eigenvalue weighted by Crippen LogP contribution is 2.28. The summed E-state index contributed by atoms with van der Waals surface area (Å²) in [5.41, 5.74) is 13.4. The third kappa shape index (κ3) is 6.51. The van der Waals surface area contributed by atoms with Crippen LogP contribution in [0.1, 0.15) is 58.5 Å². The Morgan fingerprint density at radius 2 is 1.54 bits per heavy atom. The summed E-state index contributed by atoms with van der Waals surface area (Å²) >= 11 is 0. The van der Waals surface area contributed by atoms with E-state index in [9.17, 15) is 15.3 Å². The van der Waals surface area contributed by atoms with Crippen LogP contribution >= 0.6 is 0 Å². The van der Waals surface area contributed by atoms with Crippen LogP contribution in [0.2, 0.25) is 0 Å². The molecule has 1 amide bonds. The number of carbonyl (C=O) groups excluding carboxylic acids is 1. The van der Waals surface area contributed by atoms with Crippen molar-refractivity contribution >= 4 is 44.4 Å². The first-order chi connectivity index (χ1) is 23.5. The molecule has 9 nitrogen and oxygen atoms in total. The van der Waals surface area contributed by atoms with Crippen molar-refractivity contribution < 1.29 is 9.21 Å². The lowest BCUT2D eigenvalue weighted by Crippen LogP contribution is -2.46. The molecule has 1 fully saturated rings. The van der Waals surface area contributed by atoms with E-state index in [0.29, 0.717) is 16.7 Å². The van der Waals surface area contributed by atoms with Gasteiger partial charge in [0.05, 0.1) is 23.3 Å². The Morgan fingerprint density at radius 1 is 0.812 bits per heavy atom. The molecule has 0 unspecified atom stereocenters. The standard InChI is InChI=1S/C39H39N7O2/c40-23-27-7-10-35-33(19-27)29(25-43-35)5-2-4-14-46-26-30(34-20-28(24-41)8-11-36(34)46)6-1-3-13-44-15-17-45(18-16-44)32-9-12-37-31(21-32)22-38(48-37)39(42)47/h7-12,19-22,25-26,43H,1-6,13-18H2,(H2,42,47). The number of piperazine rings is 1. The highest BCUT2D eigenvalue weighted by molar-refractivity contribution is 5.95. The summed E-state index contributed by atoms with van der Waals surface area (Å²) in [6.45, 7) is 5.94. The molecule has 0 spiro atoms. The lowest BCUT2D eigenvalue weighted by Gasteiger charge is -2.36. The number of fused-ring (bicyclic) bond motifs is 3. The third-order valence-electron chi connectivity index (χ3n) is 9.73. The maximum absolute atomic E-state index is 11.5. The monoisotopic (exact) mass is 637 g/mol. The molecule has 0 saturated carbocycles. The van der Waals surface area contributed by atoms with Gasteiger partial charge in [-0.2, -0.15) is 10.5 Å². The Hall–Kier alpha value is -5.51. The van der Waals surface area contributed by atoms with Crippen LogP contribution in [-0.2, 0) is 19.4 Å². The fourth-order valence-electron chi connectivity index (χ4n) is 7.11. The van der Waals surface area contributed by atoms with Crippen LogP contribution in [0.3, 0.4) is 0 Å². The number of nitriles is 2. The number of hydrogen-bond acceptors (Lipinski definition) is 6. The average Bonchev–Trinajstić information content (AvgIpc) is 3.83. The molecule has 1 aliphatic heterocycles. The number of aryl methyl sites for hydroxylation is 3. The number of primary amides is 1. The van der Waals surface area contributed by atoms with Gasteiger partial charge >= 0.3 is 0 Å². The van der Waals surface area contributed by atoms with Crippen molar-refractivity contribution in [1.29, 1.82) is 10.5 Å². The Bertz CT molecular complexity index is 2180. The number of nitrogens with two attached hydrogens (primary N) is 1. The van der Waals surface area contributed by atoms with E-state index in [4.69, 9.17) is 10.2 Å². The lowest BCUT2D eigenvalue weighted by molar-refractivity contribution is 0.0976. The molecule has 6 aromatic rings. The summed E-state index contributed by atoms with van der Waals surface area (Å²) in [4.78, 5) is 19.8. The van der Waals surface area contributed by atoms with Crippen molar-refractivity contribution in [2.24, 2.45) is 5.73 Å². The Balaban J connectivity index is 0.911. The fourth-order valence-corrected chi connectivity index (χ4v) is 7.11. The summed E-state index contributed by atoms with van der Waals surface area (Å²) in [5.74, 6) is -0.360. The Labute approximate surface area is 279 Å². The van der Waals surface area contributed by atoms with Crippen LogP contribution in [0.5, 0.6) is 0 Å². The van der Waals surface area contributed by atoms with Gasteiger partial charge < -0.3 is 24.6 Å². The molecule has 0 bridgehead atoms. The van der Waals surface area contributed by atoms with Crippen LogP contribution < -0.4 is 10.6 Å². The van der Waals surface area contributed by atoms with Gasteiger partial charge in [0, 0.05) is 78.0 Å². The molecular formula is C39H39N7O2. The molecule has 3 aromatic heterocycles. The van der Waals surface area contributed by atoms with Crippen molar-refractivity contribution in [2.75, 3.05) is 37.6 Å². The number of benzene rings is 3. The molecule has 9 heteroatoms. The fraction of sp³-hybridized carbons (Fsp3) is 0.308. The Morgan fingerprint density at radius 3 is 2.31 bits per heavy atom. The minimum Gasteiger partial charge on any atom is -0.451 e. The first kappa shape index (κ1) is 31.1. The van der Waals surface area contributed by atoms with Crippen LogP contribution in [0, 0.1) is 22.7 Å². The number of H-pyrrole nitrogens is 1. The number of hydrogen-bond donors (Lipinski definition) is 2. The van der Waals surface area contributed by atoms with Gasteiger partial charge in [-0.25, -0.2) is 0 Å². The maximum Gasteiger partial charge on any atom is 0.284 e. The zero-order chi connectivity index (χ0) is 33.0. The van der Waals surface area contributed by atoms with Crippen molar-refractivity contribution in [1.82, 2.24) is 14.5 Å². The summed E-state index contributed by atoms with van der Waals surface area (Å²) < 4.78 is 7.90. The highest BCUT2D eigenvalue weighted by atomic mass is 16.3. The summed E-state index contributed by atoms with van der Waals surface area (Å²) in [7, 11) is 0. The number of nitrogens with one attached hydrogen (secondary N) is 1. The summed E-state index contributed by atoms with van der Waals surface area (Å²) in [5, 5.41) is 22.1. The van der Waals surface area contributed by atoms with Crippen LogP contribution in [0.4, 0.5) is 5.69 Å². The van der Waals surface area contributed by atoms with E-state index in [-0.39, 0.29) is 5.76 Å². The van der Waals surface area contributed by atoms with Gasteiger partial charge in [-0.1, -0.05) is 0 Å². The van der Waals surface area contributed by atoms with Crippen LogP contribution in [0.25, 0.3) is 32.8 Å². The highest BCUT2D eigenvalue weighted by Gasteiger charge is 2.19. The number of aromatic nitrogens is 2. The molecule has 3 aromatic carbocycles. The molecule has 1 aliphatic rings. The number of carbonyl (C=O) groups is 1. The summed E-state index contributed by atoms with van der Waals surface area (Å²) in [6, 6.07) is 24.2. The molecule has 48 heavy (non-hydrogen) atoms. The third-order valence-corrected chi connectivity index (χ3v) is 9.73. The van der Waals surface area contributed by atoms with Crippen molar-refractivity contribution in [3.8, 4) is 12.1 Å². The predicted molar refractivity (Wildman–Crippen MR) is 189 cm³/mol. The van der Waals surface area contributed by atoms with Gasteiger partial charge in [-0.15, -0.1) is 0 Å². The number of nitrogens with zero attached hydrogens (tertiary/aromatic N) is 5. The van der Waals surface area contributed by atoms with Gasteiger partial charge in [0.25, 0.3) is 5.91 Å². The van der Waals surface area contributed by atoms with Crippen molar-refractivity contribution in [3.63, 3.8) is 0 Å². The molecule has 0 atom stereocenters. The first-order valence-electron chi connectivity index (χ1n) is 16.8. The number of furan rings is 1. The second kappa shape index (κ2) is 13.7. The van der Waals surface area contributed by atoms with Gasteiger partial charge in [0.15, 0.2) is 5.76 Å². The molecule has 0 radical (unpaired) electrons. The van der Waals surface area contributed by atoms with Gasteiger partial charge in [-0.3, -0.25) is 9.69 Å². The normalized spacial score (nSPS) is 13.8. The number of amides is 1. The number of unbranched alkanes of at least 4 members (excludes halogenated alkanes) is 2. The van der Waals surface area contributed by atoms with Gasteiger partial charge in [0.2, 0.25) is 0 Å². The largest absolute Gasteiger partial charge is 0.451 e. The van der Waals surface area contributed by atoms with Crippen molar-refractivity contribution in [3.05, 3.63) is 101 Å². The zero-order valence-electron chi connectivity index (χ0n) is 27.0. The van der Waals surface area contributed by atoms with Crippen LogP contribution in [0.15, 0.2) is 77.5 Å². The predicted octanol–water partition coefficient (Wildman–Crippen LogP) is 6.88. The first-order valence-corrected chi connectivity index (χ1v) is 16.8. The SMILES string of the molecule is N#Cc1ccc2[nH]cc(CCCCn3cc(CCCCN4CCN(c5ccc6oc(C(N)=O)cc6c5)CC4)c4cc(C#N)ccc43)c2c1. The van der Waals surface area contributed by atoms with E-state index >= 15 is 0 Å². The maximum atomic E-state index is 11.5. The molecule has 1 saturated heterocycles. The molecule has 7 rings (SSSR count). The van der Waals surface area contributed by atoms with E-state index < -0.39 is 5.91 Å². The van der Waals surface area contributed by atoms with E-state index in [1.54, 1.807) is 6.07 Å². The zero-order valence-corrected chi connectivity index (χ0v) is 27.0. The number of anilines is 1. The number of aromatic amines is 1. The van der Waals surface area contributed by atoms with E-state index in [1.807, 2.05) is 30.3 Å². The smallest absolute Gasteiger partial charge is 0.284 e. The minimum atomic E-state index is -0.551. The van der Waals surface area contributed by atoms with Gasteiger partial charge in [0.1, 0.15) is 5.58 Å². The number of rotatable bonds is 12. The van der Waals surface area contributed by atoms with E-state index in [2.05, 4.69) is 68.1 Å². The molecule has 242 valence electrons. The topological polar surface area (TPSA) is 131 Å². The molecular weight excluding hydrogens is 598 g/mol. The lowest BCUT2D eigenvalue weighted by atomic mass is 10.0. The second-order valence-corrected chi connectivity index (χ2v) is 12.8. The van der Waals surface area contributed by atoms with Gasteiger partial charge in [-0.05, 0) is 117 Å².